The zero-order valence-electron chi connectivity index (χ0n) is 7.98. The fourth-order valence-electron chi connectivity index (χ4n) is 1.23. The molecule has 16 heavy (non-hydrogen) atoms. The van der Waals surface area contributed by atoms with Crippen LogP contribution in [0.5, 0.6) is 0 Å². The van der Waals surface area contributed by atoms with Crippen molar-refractivity contribution >= 4 is 23.2 Å². The molecule has 0 fully saturated rings. The minimum Gasteiger partial charge on any atom is -0.271 e. The summed E-state index contributed by atoms with van der Waals surface area (Å²) in [4.78, 5) is 0. The van der Waals surface area contributed by atoms with Gasteiger partial charge in [0.15, 0.2) is 0 Å². The summed E-state index contributed by atoms with van der Waals surface area (Å²) in [7, 11) is 0. The van der Waals surface area contributed by atoms with Gasteiger partial charge >= 0.3 is 6.18 Å². The van der Waals surface area contributed by atoms with Crippen molar-refractivity contribution in [1.29, 1.82) is 0 Å². The molecule has 0 aliphatic rings. The van der Waals surface area contributed by atoms with Crippen LogP contribution in [0, 0.1) is 0 Å². The maximum Gasteiger partial charge on any atom is 0.390 e. The molecule has 0 aromatic heterocycles. The number of hydrazine groups is 1. The quantitative estimate of drug-likeness (QED) is 0.653. The van der Waals surface area contributed by atoms with Gasteiger partial charge in [0, 0.05) is 0 Å². The number of halogens is 5. The lowest BCUT2D eigenvalue weighted by Gasteiger charge is -2.18. The molecule has 0 spiro atoms. The molecule has 3 N–H and O–H groups in total. The Bertz CT molecular complexity index is 368. The minimum absolute atomic E-state index is 0.196. The number of hydrogen-bond acceptors (Lipinski definition) is 2. The van der Waals surface area contributed by atoms with Crippen LogP contribution < -0.4 is 11.3 Å². The molecule has 2 nitrogen and oxygen atoms in total. The van der Waals surface area contributed by atoms with Crippen molar-refractivity contribution < 1.29 is 13.2 Å². The van der Waals surface area contributed by atoms with Crippen molar-refractivity contribution in [3.05, 3.63) is 33.8 Å². The summed E-state index contributed by atoms with van der Waals surface area (Å²) in [5.41, 5.74) is 2.44. The summed E-state index contributed by atoms with van der Waals surface area (Å²) in [6.45, 7) is 0. The summed E-state index contributed by atoms with van der Waals surface area (Å²) >= 11 is 11.4. The molecular formula is C9H9Cl2F3N2. The monoisotopic (exact) mass is 272 g/mol. The molecule has 1 atom stereocenters. The first-order valence-corrected chi connectivity index (χ1v) is 5.07. The highest BCUT2D eigenvalue weighted by Gasteiger charge is 2.32. The van der Waals surface area contributed by atoms with E-state index in [0.29, 0.717) is 5.56 Å². The highest BCUT2D eigenvalue weighted by Crippen LogP contribution is 2.31. The van der Waals surface area contributed by atoms with Crippen LogP contribution in [-0.4, -0.2) is 6.18 Å². The van der Waals surface area contributed by atoms with E-state index in [-0.39, 0.29) is 10.0 Å². The van der Waals surface area contributed by atoms with Gasteiger partial charge in [-0.25, -0.2) is 0 Å². The largest absolute Gasteiger partial charge is 0.390 e. The van der Waals surface area contributed by atoms with Crippen molar-refractivity contribution in [2.75, 3.05) is 0 Å². The third kappa shape index (κ3) is 3.83. The average Bonchev–Trinajstić information content (AvgIpc) is 2.17. The Hall–Kier alpha value is -0.490. The second kappa shape index (κ2) is 5.23. The van der Waals surface area contributed by atoms with Gasteiger partial charge < -0.3 is 0 Å². The Morgan fingerprint density at radius 3 is 2.31 bits per heavy atom. The Labute approximate surface area is 100 Å². The number of rotatable bonds is 3. The van der Waals surface area contributed by atoms with Gasteiger partial charge in [0.25, 0.3) is 0 Å². The Morgan fingerprint density at radius 1 is 1.25 bits per heavy atom. The van der Waals surface area contributed by atoms with Crippen LogP contribution >= 0.6 is 23.2 Å². The second-order valence-corrected chi connectivity index (χ2v) is 4.03. The van der Waals surface area contributed by atoms with E-state index >= 15 is 0 Å². The zero-order chi connectivity index (χ0) is 12.3. The SMILES string of the molecule is NNC(CC(F)(F)F)c1ccc(Cl)c(Cl)c1. The lowest BCUT2D eigenvalue weighted by atomic mass is 10.0. The van der Waals surface area contributed by atoms with Crippen LogP contribution in [0.25, 0.3) is 0 Å². The maximum atomic E-state index is 12.2. The first kappa shape index (κ1) is 13.6. The number of nitrogens with two attached hydrogens (primary N) is 1. The average molecular weight is 273 g/mol. The lowest BCUT2D eigenvalue weighted by molar-refractivity contribution is -0.140. The fourth-order valence-corrected chi connectivity index (χ4v) is 1.54. The molecule has 90 valence electrons. The van der Waals surface area contributed by atoms with Crippen molar-refractivity contribution in [2.24, 2.45) is 5.84 Å². The molecule has 7 heteroatoms. The van der Waals surface area contributed by atoms with Gasteiger partial charge in [0.05, 0.1) is 22.5 Å². The summed E-state index contributed by atoms with van der Waals surface area (Å²) in [5, 5.41) is 0.481. The van der Waals surface area contributed by atoms with E-state index in [1.807, 2.05) is 0 Å². The van der Waals surface area contributed by atoms with Crippen molar-refractivity contribution in [1.82, 2.24) is 5.43 Å². The van der Waals surface area contributed by atoms with Gasteiger partial charge in [-0.3, -0.25) is 11.3 Å². The molecule has 0 saturated carbocycles. The van der Waals surface area contributed by atoms with E-state index in [1.54, 1.807) is 0 Å². The predicted molar refractivity (Wildman–Crippen MR) is 57.2 cm³/mol. The van der Waals surface area contributed by atoms with Crippen LogP contribution in [0.3, 0.4) is 0 Å². The van der Waals surface area contributed by atoms with Crippen LogP contribution in [0.15, 0.2) is 18.2 Å². The number of nitrogens with one attached hydrogen (secondary N) is 1. The zero-order valence-corrected chi connectivity index (χ0v) is 9.50. The number of alkyl halides is 3. The van der Waals surface area contributed by atoms with Gasteiger partial charge in [0.1, 0.15) is 0 Å². The van der Waals surface area contributed by atoms with E-state index in [9.17, 15) is 13.2 Å². The second-order valence-electron chi connectivity index (χ2n) is 3.21. The third-order valence-corrected chi connectivity index (χ3v) is 2.72. The molecular weight excluding hydrogens is 264 g/mol. The number of hydrogen-bond donors (Lipinski definition) is 2. The molecule has 1 unspecified atom stereocenters. The van der Waals surface area contributed by atoms with Crippen molar-refractivity contribution in [2.45, 2.75) is 18.6 Å². The molecule has 0 aliphatic carbocycles. The minimum atomic E-state index is -4.30. The van der Waals surface area contributed by atoms with E-state index in [1.165, 1.54) is 18.2 Å². The summed E-state index contributed by atoms with van der Waals surface area (Å²) in [5.74, 6) is 5.07. The van der Waals surface area contributed by atoms with Gasteiger partial charge in [-0.05, 0) is 17.7 Å². The van der Waals surface area contributed by atoms with Gasteiger partial charge in [-0.1, -0.05) is 29.3 Å². The van der Waals surface area contributed by atoms with Crippen LogP contribution in [0.2, 0.25) is 10.0 Å². The molecule has 0 radical (unpaired) electrons. The Kier molecular flexibility index (Phi) is 4.43. The molecule has 1 aromatic rings. The highest BCUT2D eigenvalue weighted by atomic mass is 35.5. The third-order valence-electron chi connectivity index (χ3n) is 1.98. The van der Waals surface area contributed by atoms with E-state index in [4.69, 9.17) is 29.0 Å². The smallest absolute Gasteiger partial charge is 0.271 e. The highest BCUT2D eigenvalue weighted by molar-refractivity contribution is 6.42. The standard InChI is InChI=1S/C9H9Cl2F3N2/c10-6-2-1-5(3-7(6)11)8(16-15)4-9(12,13)14/h1-3,8,16H,4,15H2. The molecule has 0 amide bonds. The first-order chi connectivity index (χ1) is 7.33. The molecule has 0 bridgehead atoms. The number of benzene rings is 1. The topological polar surface area (TPSA) is 38.0 Å². The van der Waals surface area contributed by atoms with Gasteiger partial charge in [-0.15, -0.1) is 0 Å². The fraction of sp³-hybridized carbons (Fsp3) is 0.333. The Balaban J connectivity index is 2.91. The van der Waals surface area contributed by atoms with E-state index in [0.717, 1.165) is 0 Å². The molecule has 1 aromatic carbocycles. The molecule has 0 saturated heterocycles. The summed E-state index contributed by atoms with van der Waals surface area (Å²) in [6.07, 6.45) is -5.37. The summed E-state index contributed by atoms with van der Waals surface area (Å²) < 4.78 is 36.6. The van der Waals surface area contributed by atoms with Crippen LogP contribution in [0.4, 0.5) is 13.2 Å². The van der Waals surface area contributed by atoms with Crippen molar-refractivity contribution in [3.8, 4) is 0 Å². The predicted octanol–water partition coefficient (Wildman–Crippen LogP) is 3.45. The molecule has 0 heterocycles. The van der Waals surface area contributed by atoms with Crippen LogP contribution in [0.1, 0.15) is 18.0 Å². The van der Waals surface area contributed by atoms with Crippen molar-refractivity contribution in [3.63, 3.8) is 0 Å². The first-order valence-electron chi connectivity index (χ1n) is 4.31. The van der Waals surface area contributed by atoms with E-state index in [2.05, 4.69) is 5.43 Å². The lowest BCUT2D eigenvalue weighted by Crippen LogP contribution is -2.31. The molecule has 1 rings (SSSR count). The van der Waals surface area contributed by atoms with Gasteiger partial charge in [-0.2, -0.15) is 13.2 Å². The Morgan fingerprint density at radius 2 is 1.88 bits per heavy atom. The van der Waals surface area contributed by atoms with Gasteiger partial charge in [0.2, 0.25) is 0 Å². The van der Waals surface area contributed by atoms with Crippen LogP contribution in [-0.2, 0) is 0 Å². The maximum absolute atomic E-state index is 12.2. The summed E-state index contributed by atoms with van der Waals surface area (Å²) in [6, 6.07) is 3.21. The molecule has 0 aliphatic heterocycles. The normalized spacial score (nSPS) is 13.9. The van der Waals surface area contributed by atoms with E-state index < -0.39 is 18.6 Å².